The van der Waals surface area contributed by atoms with Crippen molar-refractivity contribution in [3.05, 3.63) is 42.0 Å². The molecule has 1 aliphatic heterocycles. The van der Waals surface area contributed by atoms with Crippen LogP contribution in [-0.2, 0) is 4.74 Å². The summed E-state index contributed by atoms with van der Waals surface area (Å²) in [5.74, 6) is 0.502. The summed E-state index contributed by atoms with van der Waals surface area (Å²) in [5.41, 5.74) is 6.85. The third kappa shape index (κ3) is 3.28. The summed E-state index contributed by atoms with van der Waals surface area (Å²) in [6.45, 7) is 3.53. The van der Waals surface area contributed by atoms with Gasteiger partial charge >= 0.3 is 0 Å². The normalized spacial score (nSPS) is 17.5. The van der Waals surface area contributed by atoms with Crippen LogP contribution < -0.4 is 10.5 Å². The van der Waals surface area contributed by atoms with Gasteiger partial charge in [-0.1, -0.05) is 0 Å². The summed E-state index contributed by atoms with van der Waals surface area (Å²) in [6.07, 6.45) is 4.28. The van der Waals surface area contributed by atoms with Gasteiger partial charge in [-0.05, 0) is 19.1 Å². The van der Waals surface area contributed by atoms with E-state index in [1.807, 2.05) is 6.92 Å². The number of hydrogen-bond acceptors (Lipinski definition) is 7. The highest BCUT2D eigenvalue weighted by Gasteiger charge is 2.29. The number of nitrogens with two attached hydrogens (primary N) is 1. The zero-order valence-corrected chi connectivity index (χ0v) is 13.4. The van der Waals surface area contributed by atoms with Crippen LogP contribution in [0.2, 0.25) is 0 Å². The number of hydrogen-bond donors (Lipinski definition) is 1. The highest BCUT2D eigenvalue weighted by atomic mass is 16.5. The molecule has 0 aromatic carbocycles. The minimum atomic E-state index is -0.399. The summed E-state index contributed by atoms with van der Waals surface area (Å²) in [6, 6.07) is 3.43. The minimum Gasteiger partial charge on any atom is -0.477 e. The van der Waals surface area contributed by atoms with Crippen LogP contribution in [-0.4, -0.2) is 52.1 Å². The maximum absolute atomic E-state index is 12.8. The van der Waals surface area contributed by atoms with Gasteiger partial charge in [-0.2, -0.15) is 0 Å². The Labute approximate surface area is 139 Å². The molecule has 0 aliphatic carbocycles. The Morgan fingerprint density at radius 2 is 2.21 bits per heavy atom. The Bertz CT molecular complexity index is 724. The molecular weight excluding hydrogens is 310 g/mol. The van der Waals surface area contributed by atoms with Gasteiger partial charge in [0.15, 0.2) is 0 Å². The van der Waals surface area contributed by atoms with Crippen molar-refractivity contribution in [3.8, 4) is 5.88 Å². The number of pyridine rings is 1. The van der Waals surface area contributed by atoms with Crippen LogP contribution in [0.3, 0.4) is 0 Å². The molecule has 3 heterocycles. The fraction of sp³-hybridized carbons (Fsp3) is 0.375. The first-order valence-electron chi connectivity index (χ1n) is 7.75. The van der Waals surface area contributed by atoms with E-state index in [-0.39, 0.29) is 5.91 Å². The molecule has 0 unspecified atom stereocenters. The van der Waals surface area contributed by atoms with Crippen LogP contribution in [0.4, 0.5) is 5.82 Å². The molecule has 0 radical (unpaired) electrons. The lowest BCUT2D eigenvalue weighted by Crippen LogP contribution is -2.42. The van der Waals surface area contributed by atoms with Crippen molar-refractivity contribution in [2.75, 3.05) is 32.0 Å². The average Bonchev–Trinajstić information content (AvgIpc) is 2.62. The molecule has 126 valence electrons. The number of rotatable bonds is 4. The molecule has 1 atom stereocenters. The number of aromatic nitrogens is 3. The minimum absolute atomic E-state index is 0.151. The van der Waals surface area contributed by atoms with E-state index in [1.54, 1.807) is 29.4 Å². The van der Waals surface area contributed by atoms with Gasteiger partial charge < -0.3 is 20.1 Å². The fourth-order valence-corrected chi connectivity index (χ4v) is 2.58. The second-order valence-corrected chi connectivity index (χ2v) is 5.23. The third-order valence-corrected chi connectivity index (χ3v) is 3.70. The predicted octanol–water partition coefficient (Wildman–Crippen LogP) is 1.07. The Morgan fingerprint density at radius 3 is 3.00 bits per heavy atom. The van der Waals surface area contributed by atoms with Gasteiger partial charge in [0.25, 0.3) is 5.91 Å². The largest absolute Gasteiger partial charge is 0.477 e. The van der Waals surface area contributed by atoms with E-state index in [0.717, 1.165) is 0 Å². The molecule has 2 aromatic rings. The van der Waals surface area contributed by atoms with Crippen molar-refractivity contribution < 1.29 is 14.3 Å². The third-order valence-electron chi connectivity index (χ3n) is 3.70. The lowest BCUT2D eigenvalue weighted by molar-refractivity contribution is -0.0246. The van der Waals surface area contributed by atoms with Crippen molar-refractivity contribution in [2.24, 2.45) is 0 Å². The zero-order valence-electron chi connectivity index (χ0n) is 13.4. The quantitative estimate of drug-likeness (QED) is 0.894. The molecule has 8 nitrogen and oxygen atoms in total. The van der Waals surface area contributed by atoms with Crippen LogP contribution in [0.15, 0.2) is 30.7 Å². The van der Waals surface area contributed by atoms with Gasteiger partial charge in [0.05, 0.1) is 19.8 Å². The van der Waals surface area contributed by atoms with Gasteiger partial charge in [0.1, 0.15) is 23.2 Å². The van der Waals surface area contributed by atoms with Gasteiger partial charge in [0.2, 0.25) is 5.88 Å². The Hall–Kier alpha value is -2.74. The molecule has 3 rings (SSSR count). The lowest BCUT2D eigenvalue weighted by atomic mass is 10.1. The second kappa shape index (κ2) is 7.22. The van der Waals surface area contributed by atoms with Crippen molar-refractivity contribution in [1.29, 1.82) is 0 Å². The number of carbonyl (C=O) groups is 1. The predicted molar refractivity (Wildman–Crippen MR) is 86.4 cm³/mol. The molecule has 0 spiro atoms. The summed E-state index contributed by atoms with van der Waals surface area (Å²) in [7, 11) is 0. The molecule has 1 amide bonds. The van der Waals surface area contributed by atoms with E-state index in [1.165, 1.54) is 6.20 Å². The lowest BCUT2D eigenvalue weighted by Gasteiger charge is -2.33. The number of nitrogens with zero attached hydrogens (tertiary/aromatic N) is 4. The first-order chi connectivity index (χ1) is 11.7. The van der Waals surface area contributed by atoms with Crippen LogP contribution in [0.5, 0.6) is 5.88 Å². The molecule has 0 saturated carbocycles. The molecule has 1 fully saturated rings. The van der Waals surface area contributed by atoms with E-state index >= 15 is 0 Å². The summed E-state index contributed by atoms with van der Waals surface area (Å²) >= 11 is 0. The molecule has 1 saturated heterocycles. The summed E-state index contributed by atoms with van der Waals surface area (Å²) < 4.78 is 11.2. The summed E-state index contributed by atoms with van der Waals surface area (Å²) in [4.78, 5) is 26.9. The highest BCUT2D eigenvalue weighted by Crippen LogP contribution is 2.26. The monoisotopic (exact) mass is 329 g/mol. The number of amides is 1. The van der Waals surface area contributed by atoms with Crippen LogP contribution in [0.1, 0.15) is 29.1 Å². The Balaban J connectivity index is 1.80. The van der Waals surface area contributed by atoms with Crippen LogP contribution >= 0.6 is 0 Å². The zero-order chi connectivity index (χ0) is 16.9. The van der Waals surface area contributed by atoms with Crippen LogP contribution in [0, 0.1) is 0 Å². The summed E-state index contributed by atoms with van der Waals surface area (Å²) in [5, 5.41) is 0. The van der Waals surface area contributed by atoms with E-state index in [2.05, 4.69) is 15.0 Å². The molecule has 2 aromatic heterocycles. The number of nitrogen functional groups attached to an aromatic ring is 1. The van der Waals surface area contributed by atoms with Crippen molar-refractivity contribution in [3.63, 3.8) is 0 Å². The fourth-order valence-electron chi connectivity index (χ4n) is 2.58. The maximum Gasteiger partial charge on any atom is 0.259 e. The standard InChI is InChI=1S/C16H19N5O3/c1-2-23-15-11(4-3-5-20-15)16(22)21-8-9-24-12(10-21)13-14(17)19-7-6-18-13/h3-7,12H,2,8-10H2,1H3,(H2,17,19)/t12-/m1/s1. The smallest absolute Gasteiger partial charge is 0.259 e. The van der Waals surface area contributed by atoms with Gasteiger partial charge in [-0.25, -0.2) is 9.97 Å². The Morgan fingerprint density at radius 1 is 1.38 bits per heavy atom. The van der Waals surface area contributed by atoms with E-state index in [0.29, 0.717) is 49.3 Å². The van der Waals surface area contributed by atoms with Gasteiger partial charge in [0, 0.05) is 25.1 Å². The molecular formula is C16H19N5O3. The van der Waals surface area contributed by atoms with Gasteiger partial charge in [-0.15, -0.1) is 0 Å². The van der Waals surface area contributed by atoms with Crippen molar-refractivity contribution >= 4 is 11.7 Å². The molecule has 2 N–H and O–H groups in total. The molecule has 1 aliphatic rings. The molecule has 0 bridgehead atoms. The van der Waals surface area contributed by atoms with E-state index in [9.17, 15) is 4.79 Å². The first kappa shape index (κ1) is 16.1. The number of morpholine rings is 1. The van der Waals surface area contributed by atoms with E-state index < -0.39 is 6.10 Å². The second-order valence-electron chi connectivity index (χ2n) is 5.23. The van der Waals surface area contributed by atoms with Crippen molar-refractivity contribution in [1.82, 2.24) is 19.9 Å². The number of anilines is 1. The molecule has 24 heavy (non-hydrogen) atoms. The first-order valence-corrected chi connectivity index (χ1v) is 7.75. The van der Waals surface area contributed by atoms with Gasteiger partial charge in [-0.3, -0.25) is 9.78 Å². The Kier molecular flexibility index (Phi) is 4.85. The topological polar surface area (TPSA) is 103 Å². The van der Waals surface area contributed by atoms with E-state index in [4.69, 9.17) is 15.2 Å². The maximum atomic E-state index is 12.8. The average molecular weight is 329 g/mol. The SMILES string of the molecule is CCOc1ncccc1C(=O)N1CCO[C@@H](c2nccnc2N)C1. The number of ether oxygens (including phenoxy) is 2. The molecule has 8 heteroatoms. The van der Waals surface area contributed by atoms with Crippen molar-refractivity contribution in [2.45, 2.75) is 13.0 Å². The highest BCUT2D eigenvalue weighted by molar-refractivity contribution is 5.96. The number of carbonyl (C=O) groups excluding carboxylic acids is 1. The van der Waals surface area contributed by atoms with Crippen LogP contribution in [0.25, 0.3) is 0 Å².